The summed E-state index contributed by atoms with van der Waals surface area (Å²) in [5, 5.41) is 18.7. The first kappa shape index (κ1) is 20.5. The van der Waals surface area contributed by atoms with Crippen molar-refractivity contribution in [1.29, 1.82) is 0 Å². The van der Waals surface area contributed by atoms with Crippen molar-refractivity contribution in [2.75, 3.05) is 12.3 Å². The minimum atomic E-state index is -4.50. The molecular formula is C16H15N7O4S3. The summed E-state index contributed by atoms with van der Waals surface area (Å²) in [6.07, 6.45) is 0. The number of sulfonamides is 1. The minimum absolute atomic E-state index is 0.0443. The van der Waals surface area contributed by atoms with E-state index >= 15 is 0 Å². The summed E-state index contributed by atoms with van der Waals surface area (Å²) < 4.78 is 51.5. The fourth-order valence-electron chi connectivity index (χ4n) is 3.12. The van der Waals surface area contributed by atoms with Crippen LogP contribution >= 0.6 is 11.3 Å². The topological polar surface area (TPSA) is 188 Å². The molecule has 5 N–H and O–H groups in total. The second-order valence-corrected chi connectivity index (χ2v) is 10.7. The number of aromatic nitrogens is 5. The smallest absolute Gasteiger partial charge is 0.240 e. The molecule has 0 aliphatic carbocycles. The fraction of sp³-hybridized carbons (Fsp3) is 0.125. The number of thiazole rings is 1. The third kappa shape index (κ3) is 3.59. The van der Waals surface area contributed by atoms with Crippen LogP contribution in [-0.2, 0) is 19.9 Å². The molecule has 2 heterocycles. The zero-order chi connectivity index (χ0) is 21.5. The van der Waals surface area contributed by atoms with Gasteiger partial charge in [0.2, 0.25) is 10.0 Å². The molecule has 0 amide bonds. The van der Waals surface area contributed by atoms with Crippen LogP contribution in [0.1, 0.15) is 0 Å². The number of nitrogens with two attached hydrogens (primary N) is 2. The second-order valence-electron chi connectivity index (χ2n) is 6.25. The van der Waals surface area contributed by atoms with Gasteiger partial charge in [-0.1, -0.05) is 12.1 Å². The van der Waals surface area contributed by atoms with Crippen LogP contribution in [0.4, 0.5) is 0 Å². The van der Waals surface area contributed by atoms with Gasteiger partial charge in [0, 0.05) is 12.1 Å². The van der Waals surface area contributed by atoms with E-state index in [0.717, 1.165) is 4.70 Å². The lowest BCUT2D eigenvalue weighted by Crippen LogP contribution is -2.22. The third-order valence-corrected chi connectivity index (χ3v) is 8.07. The van der Waals surface area contributed by atoms with Crippen LogP contribution in [0.5, 0.6) is 0 Å². The molecule has 0 bridgehead atoms. The summed E-state index contributed by atoms with van der Waals surface area (Å²) in [5.74, 6) is -0.495. The van der Waals surface area contributed by atoms with Gasteiger partial charge in [-0.05, 0) is 39.8 Å². The quantitative estimate of drug-likeness (QED) is 0.365. The average molecular weight is 466 g/mol. The van der Waals surface area contributed by atoms with Gasteiger partial charge in [-0.2, -0.15) is 0 Å². The Labute approximate surface area is 175 Å². The number of aromatic amines is 1. The molecule has 0 atom stereocenters. The summed E-state index contributed by atoms with van der Waals surface area (Å²) in [4.78, 5) is 3.22. The number of sulfone groups is 1. The van der Waals surface area contributed by atoms with E-state index in [0.29, 0.717) is 16.6 Å². The maximum Gasteiger partial charge on any atom is 0.240 e. The number of hydrogen-bond donors (Lipinski definition) is 3. The van der Waals surface area contributed by atoms with Crippen LogP contribution in [0.15, 0.2) is 45.6 Å². The molecule has 0 saturated heterocycles. The highest BCUT2D eigenvalue weighted by Gasteiger charge is 2.31. The van der Waals surface area contributed by atoms with E-state index in [1.807, 2.05) is 6.07 Å². The average Bonchev–Trinajstić information content (AvgIpc) is 3.37. The predicted octanol–water partition coefficient (Wildman–Crippen LogP) is 0.523. The Bertz CT molecular complexity index is 1450. The third-order valence-electron chi connectivity index (χ3n) is 4.35. The lowest BCUT2D eigenvalue weighted by molar-refractivity contribution is 0.583. The molecule has 0 unspecified atom stereocenters. The summed E-state index contributed by atoms with van der Waals surface area (Å²) in [6, 6.07) is 8.06. The van der Waals surface area contributed by atoms with Crippen molar-refractivity contribution in [2.45, 2.75) is 9.79 Å². The molecule has 2 aromatic heterocycles. The van der Waals surface area contributed by atoms with Gasteiger partial charge in [0.05, 0.1) is 26.4 Å². The summed E-state index contributed by atoms with van der Waals surface area (Å²) >= 11 is 1.46. The monoisotopic (exact) mass is 465 g/mol. The number of nitrogens with one attached hydrogen (secondary N) is 1. The van der Waals surface area contributed by atoms with Crippen molar-refractivity contribution in [3.63, 3.8) is 0 Å². The highest BCUT2D eigenvalue weighted by molar-refractivity contribution is 7.93. The highest BCUT2D eigenvalue weighted by atomic mass is 32.2. The van der Waals surface area contributed by atoms with Crippen LogP contribution in [0.3, 0.4) is 0 Å². The SMILES string of the molecule is NCCS(=O)(=O)c1ccc(-c2ccc3scnc3c2)c(-c2nnn[nH]2)c1S(N)(=O)=O. The first-order chi connectivity index (χ1) is 14.2. The molecule has 0 radical (unpaired) electrons. The number of primary sulfonamides is 1. The molecule has 11 nitrogen and oxygen atoms in total. The number of tetrazole rings is 1. The Morgan fingerprint density at radius 3 is 2.57 bits per heavy atom. The summed E-state index contributed by atoms with van der Waals surface area (Å²) in [5.41, 5.74) is 8.71. The Morgan fingerprint density at radius 1 is 1.10 bits per heavy atom. The lowest BCUT2D eigenvalue weighted by atomic mass is 9.99. The fourth-order valence-corrected chi connectivity index (χ4v) is 6.54. The summed E-state index contributed by atoms with van der Waals surface area (Å²) in [7, 11) is -8.54. The van der Waals surface area contributed by atoms with Gasteiger partial charge < -0.3 is 5.73 Å². The lowest BCUT2D eigenvalue weighted by Gasteiger charge is -2.16. The number of benzene rings is 2. The molecule has 0 aliphatic heterocycles. The molecule has 156 valence electrons. The molecule has 30 heavy (non-hydrogen) atoms. The number of fused-ring (bicyclic) bond motifs is 1. The van der Waals surface area contributed by atoms with Gasteiger partial charge in [0.1, 0.15) is 4.90 Å². The van der Waals surface area contributed by atoms with Crippen molar-refractivity contribution >= 4 is 41.4 Å². The van der Waals surface area contributed by atoms with E-state index in [-0.39, 0.29) is 17.9 Å². The van der Waals surface area contributed by atoms with Gasteiger partial charge in [-0.3, -0.25) is 0 Å². The molecule has 0 saturated carbocycles. The zero-order valence-electron chi connectivity index (χ0n) is 15.2. The Hall–Kier alpha value is -2.78. The van der Waals surface area contributed by atoms with Crippen molar-refractivity contribution in [3.05, 3.63) is 35.8 Å². The van der Waals surface area contributed by atoms with Crippen LogP contribution in [0.2, 0.25) is 0 Å². The van der Waals surface area contributed by atoms with Crippen molar-refractivity contribution in [1.82, 2.24) is 25.6 Å². The molecule has 0 aliphatic rings. The largest absolute Gasteiger partial charge is 0.329 e. The van der Waals surface area contributed by atoms with Crippen LogP contribution in [-0.4, -0.2) is 54.7 Å². The van der Waals surface area contributed by atoms with Gasteiger partial charge in [-0.15, -0.1) is 16.4 Å². The van der Waals surface area contributed by atoms with E-state index in [9.17, 15) is 16.8 Å². The van der Waals surface area contributed by atoms with Crippen LogP contribution in [0, 0.1) is 0 Å². The Balaban J connectivity index is 2.12. The molecular weight excluding hydrogens is 450 g/mol. The first-order valence-electron chi connectivity index (χ1n) is 8.43. The van der Waals surface area contributed by atoms with E-state index in [4.69, 9.17) is 10.9 Å². The Kier molecular flexibility index (Phi) is 5.11. The minimum Gasteiger partial charge on any atom is -0.329 e. The van der Waals surface area contributed by atoms with Crippen LogP contribution < -0.4 is 10.9 Å². The van der Waals surface area contributed by atoms with E-state index in [1.165, 1.54) is 23.5 Å². The number of nitrogens with zero attached hydrogens (tertiary/aromatic N) is 4. The maximum absolute atomic E-state index is 12.7. The standard InChI is InChI=1S/C16H15N7O4S3/c17-5-6-29(24,25)13-4-2-10(9-1-3-12-11(7-9)19-8-28-12)14(15(13)30(18,26)27)16-20-22-23-21-16/h1-4,7-8H,5-6,17H2,(H2,18,26,27)(H,20,21,22,23). The highest BCUT2D eigenvalue weighted by Crippen LogP contribution is 2.39. The van der Waals surface area contributed by atoms with Crippen LogP contribution in [0.25, 0.3) is 32.7 Å². The molecule has 0 fully saturated rings. The van der Waals surface area contributed by atoms with E-state index < -0.39 is 35.4 Å². The van der Waals surface area contributed by atoms with Crippen molar-refractivity contribution in [2.24, 2.45) is 10.9 Å². The molecule has 2 aromatic carbocycles. The number of H-pyrrole nitrogens is 1. The Morgan fingerprint density at radius 2 is 1.90 bits per heavy atom. The van der Waals surface area contributed by atoms with E-state index in [2.05, 4.69) is 25.6 Å². The first-order valence-corrected chi connectivity index (χ1v) is 12.5. The van der Waals surface area contributed by atoms with E-state index in [1.54, 1.807) is 17.6 Å². The molecule has 14 heteroatoms. The maximum atomic E-state index is 12.7. The van der Waals surface area contributed by atoms with Gasteiger partial charge in [0.25, 0.3) is 0 Å². The number of rotatable bonds is 6. The van der Waals surface area contributed by atoms with Gasteiger partial charge in [-0.25, -0.2) is 32.1 Å². The van der Waals surface area contributed by atoms with Gasteiger partial charge >= 0.3 is 0 Å². The zero-order valence-corrected chi connectivity index (χ0v) is 17.6. The molecule has 4 rings (SSSR count). The molecule has 0 spiro atoms. The molecule has 4 aromatic rings. The predicted molar refractivity (Wildman–Crippen MR) is 111 cm³/mol. The normalized spacial score (nSPS) is 12.5. The van der Waals surface area contributed by atoms with Crippen molar-refractivity contribution < 1.29 is 16.8 Å². The second kappa shape index (κ2) is 7.48. The van der Waals surface area contributed by atoms with Gasteiger partial charge in [0.15, 0.2) is 15.7 Å². The van der Waals surface area contributed by atoms with Crippen molar-refractivity contribution in [3.8, 4) is 22.5 Å². The number of hydrogen-bond acceptors (Lipinski definition) is 10. The summed E-state index contributed by atoms with van der Waals surface area (Å²) in [6.45, 7) is -0.187.